The summed E-state index contributed by atoms with van der Waals surface area (Å²) >= 11 is 0. The molecule has 2 amide bonds. The molecule has 138 valence electrons. The van der Waals surface area contributed by atoms with Crippen LogP contribution >= 0.6 is 0 Å². The molecule has 5 N–H and O–H groups in total. The van der Waals surface area contributed by atoms with Crippen LogP contribution < -0.4 is 21.7 Å². The second-order valence-electron chi connectivity index (χ2n) is 7.06. The van der Waals surface area contributed by atoms with Gasteiger partial charge in [-0.15, -0.1) is 0 Å². The standard InChI is InChI=1S/C17H28N6O2/c18-16(25)14-10-21-23-11-12(9-20-17(14)23)8-19-7-6-15(24)22-13-4-2-1-3-5-13/h10,12-13,19-20H,1-9,11H2,(H2,18,25)(H,22,24)/t12-/m0/s1. The fourth-order valence-corrected chi connectivity index (χ4v) is 3.63. The predicted octanol–water partition coefficient (Wildman–Crippen LogP) is 0.452. The zero-order valence-electron chi connectivity index (χ0n) is 14.6. The van der Waals surface area contributed by atoms with Crippen molar-refractivity contribution >= 4 is 17.6 Å². The van der Waals surface area contributed by atoms with Crippen molar-refractivity contribution in [2.45, 2.75) is 51.1 Å². The second kappa shape index (κ2) is 8.33. The van der Waals surface area contributed by atoms with Crippen LogP contribution in [0.1, 0.15) is 48.9 Å². The number of nitrogens with two attached hydrogens (primary N) is 1. The lowest BCUT2D eigenvalue weighted by Gasteiger charge is -2.26. The highest BCUT2D eigenvalue weighted by molar-refractivity contribution is 5.97. The van der Waals surface area contributed by atoms with Gasteiger partial charge in [0, 0.05) is 44.6 Å². The highest BCUT2D eigenvalue weighted by Gasteiger charge is 2.23. The fourth-order valence-electron chi connectivity index (χ4n) is 3.63. The van der Waals surface area contributed by atoms with Crippen LogP contribution in [0.15, 0.2) is 6.20 Å². The quantitative estimate of drug-likeness (QED) is 0.534. The number of primary amides is 1. The largest absolute Gasteiger partial charge is 0.369 e. The van der Waals surface area contributed by atoms with E-state index in [1.807, 2.05) is 0 Å². The van der Waals surface area contributed by atoms with Gasteiger partial charge in [-0.05, 0) is 12.8 Å². The van der Waals surface area contributed by atoms with Crippen molar-refractivity contribution in [1.29, 1.82) is 0 Å². The van der Waals surface area contributed by atoms with E-state index in [9.17, 15) is 9.59 Å². The normalized spacial score (nSPS) is 20.6. The molecule has 0 unspecified atom stereocenters. The number of nitrogens with zero attached hydrogens (tertiary/aromatic N) is 2. The van der Waals surface area contributed by atoms with Crippen molar-refractivity contribution in [2.24, 2.45) is 11.7 Å². The number of hydrogen-bond acceptors (Lipinski definition) is 5. The third kappa shape index (κ3) is 4.72. The Balaban J connectivity index is 1.34. The van der Waals surface area contributed by atoms with Crippen LogP contribution in [0.25, 0.3) is 0 Å². The zero-order valence-corrected chi connectivity index (χ0v) is 14.6. The number of hydrogen-bond donors (Lipinski definition) is 4. The second-order valence-corrected chi connectivity index (χ2v) is 7.06. The Morgan fingerprint density at radius 3 is 2.88 bits per heavy atom. The Hall–Kier alpha value is -2.09. The molecule has 1 saturated carbocycles. The van der Waals surface area contributed by atoms with Gasteiger partial charge < -0.3 is 21.7 Å². The van der Waals surface area contributed by atoms with Crippen LogP contribution in [0.3, 0.4) is 0 Å². The minimum atomic E-state index is -0.464. The summed E-state index contributed by atoms with van der Waals surface area (Å²) in [6, 6.07) is 0.376. The predicted molar refractivity (Wildman–Crippen MR) is 95.2 cm³/mol. The Morgan fingerprint density at radius 1 is 1.32 bits per heavy atom. The van der Waals surface area contributed by atoms with Crippen LogP contribution in [0.4, 0.5) is 5.82 Å². The van der Waals surface area contributed by atoms with E-state index in [1.54, 1.807) is 4.68 Å². The molecule has 0 saturated heterocycles. The number of anilines is 1. The molecule has 25 heavy (non-hydrogen) atoms. The number of rotatable bonds is 7. The molecule has 1 atom stereocenters. The maximum Gasteiger partial charge on any atom is 0.254 e. The minimum absolute atomic E-state index is 0.140. The number of carbonyl (C=O) groups excluding carboxylic acids is 2. The SMILES string of the molecule is NC(=O)c1cnn2c1NC[C@H](CNCCC(=O)NC1CCCCC1)C2. The van der Waals surface area contributed by atoms with Gasteiger partial charge >= 0.3 is 0 Å². The van der Waals surface area contributed by atoms with Crippen LogP contribution in [-0.2, 0) is 11.3 Å². The van der Waals surface area contributed by atoms with Crippen molar-refractivity contribution in [3.63, 3.8) is 0 Å². The van der Waals surface area contributed by atoms with E-state index in [0.29, 0.717) is 36.3 Å². The first kappa shape index (κ1) is 17.7. The van der Waals surface area contributed by atoms with Gasteiger partial charge in [-0.25, -0.2) is 4.68 Å². The molecule has 2 aliphatic rings. The van der Waals surface area contributed by atoms with Crippen LogP contribution in [0.2, 0.25) is 0 Å². The molecule has 0 aromatic carbocycles. The molecular weight excluding hydrogens is 320 g/mol. The van der Waals surface area contributed by atoms with Gasteiger partial charge in [0.05, 0.1) is 6.20 Å². The molecule has 1 aliphatic heterocycles. The molecule has 8 heteroatoms. The van der Waals surface area contributed by atoms with E-state index in [-0.39, 0.29) is 5.91 Å². The minimum Gasteiger partial charge on any atom is -0.369 e. The lowest BCUT2D eigenvalue weighted by Crippen LogP contribution is -2.39. The lowest BCUT2D eigenvalue weighted by molar-refractivity contribution is -0.121. The molecule has 1 fully saturated rings. The van der Waals surface area contributed by atoms with Gasteiger partial charge in [0.25, 0.3) is 5.91 Å². The highest BCUT2D eigenvalue weighted by atomic mass is 16.2. The fraction of sp³-hybridized carbons (Fsp3) is 0.706. The van der Waals surface area contributed by atoms with E-state index in [0.717, 1.165) is 32.5 Å². The van der Waals surface area contributed by atoms with E-state index in [4.69, 9.17) is 5.73 Å². The Bertz CT molecular complexity index is 608. The Kier molecular flexibility index (Phi) is 5.91. The summed E-state index contributed by atoms with van der Waals surface area (Å²) in [5.74, 6) is 0.737. The molecule has 2 heterocycles. The average Bonchev–Trinajstić information content (AvgIpc) is 3.03. The van der Waals surface area contributed by atoms with Crippen molar-refractivity contribution in [1.82, 2.24) is 20.4 Å². The average molecular weight is 348 g/mol. The van der Waals surface area contributed by atoms with Gasteiger partial charge in [0.15, 0.2) is 0 Å². The number of aromatic nitrogens is 2. The van der Waals surface area contributed by atoms with Crippen LogP contribution in [0.5, 0.6) is 0 Å². The van der Waals surface area contributed by atoms with Crippen molar-refractivity contribution in [3.8, 4) is 0 Å². The number of nitrogens with one attached hydrogen (secondary N) is 3. The smallest absolute Gasteiger partial charge is 0.254 e. The van der Waals surface area contributed by atoms with Crippen LogP contribution in [0, 0.1) is 5.92 Å². The maximum absolute atomic E-state index is 12.0. The highest BCUT2D eigenvalue weighted by Crippen LogP contribution is 2.21. The molecule has 3 rings (SSSR count). The van der Waals surface area contributed by atoms with Crippen molar-refractivity contribution in [2.75, 3.05) is 25.0 Å². The number of carbonyl (C=O) groups is 2. The number of amides is 2. The topological polar surface area (TPSA) is 114 Å². The molecule has 0 bridgehead atoms. The van der Waals surface area contributed by atoms with E-state index < -0.39 is 5.91 Å². The van der Waals surface area contributed by atoms with Gasteiger partial charge in [0.1, 0.15) is 11.4 Å². The Labute approximate surface area is 147 Å². The van der Waals surface area contributed by atoms with Crippen molar-refractivity contribution in [3.05, 3.63) is 11.8 Å². The summed E-state index contributed by atoms with van der Waals surface area (Å²) in [6.07, 6.45) is 8.00. The third-order valence-electron chi connectivity index (χ3n) is 5.03. The lowest BCUT2D eigenvalue weighted by atomic mass is 9.95. The Morgan fingerprint density at radius 2 is 2.12 bits per heavy atom. The molecule has 1 aromatic rings. The first-order valence-corrected chi connectivity index (χ1v) is 9.23. The van der Waals surface area contributed by atoms with Crippen molar-refractivity contribution < 1.29 is 9.59 Å². The molecule has 0 radical (unpaired) electrons. The first-order valence-electron chi connectivity index (χ1n) is 9.23. The van der Waals surface area contributed by atoms with E-state index >= 15 is 0 Å². The first-order chi connectivity index (χ1) is 12.1. The molecular formula is C17H28N6O2. The maximum atomic E-state index is 12.0. The van der Waals surface area contributed by atoms with Crippen LogP contribution in [-0.4, -0.2) is 47.3 Å². The summed E-state index contributed by atoms with van der Waals surface area (Å²) in [6.45, 7) is 2.96. The summed E-state index contributed by atoms with van der Waals surface area (Å²) in [5.41, 5.74) is 5.76. The molecule has 1 aliphatic carbocycles. The summed E-state index contributed by atoms with van der Waals surface area (Å²) in [4.78, 5) is 23.3. The third-order valence-corrected chi connectivity index (χ3v) is 5.03. The summed E-state index contributed by atoms with van der Waals surface area (Å²) in [5, 5.41) is 13.9. The van der Waals surface area contributed by atoms with E-state index in [2.05, 4.69) is 21.0 Å². The van der Waals surface area contributed by atoms with Gasteiger partial charge in [-0.3, -0.25) is 9.59 Å². The summed E-state index contributed by atoms with van der Waals surface area (Å²) in [7, 11) is 0. The van der Waals surface area contributed by atoms with Gasteiger partial charge in [-0.1, -0.05) is 19.3 Å². The van der Waals surface area contributed by atoms with E-state index in [1.165, 1.54) is 25.5 Å². The molecule has 8 nitrogen and oxygen atoms in total. The van der Waals surface area contributed by atoms with Gasteiger partial charge in [0.2, 0.25) is 5.91 Å². The molecule has 1 aromatic heterocycles. The molecule has 0 spiro atoms. The summed E-state index contributed by atoms with van der Waals surface area (Å²) < 4.78 is 1.78. The van der Waals surface area contributed by atoms with Gasteiger partial charge in [-0.2, -0.15) is 5.10 Å². The number of fused-ring (bicyclic) bond motifs is 1. The zero-order chi connectivity index (χ0) is 17.6. The monoisotopic (exact) mass is 348 g/mol.